The molecule has 11 heteroatoms. The minimum absolute atomic E-state index is 0.223. The molecule has 166 valence electrons. The molecule has 7 N–H and O–H groups in total. The van der Waals surface area contributed by atoms with Gasteiger partial charge in [-0.15, -0.1) is 0 Å². The van der Waals surface area contributed by atoms with Crippen molar-refractivity contribution in [2.75, 3.05) is 31.6 Å². The van der Waals surface area contributed by atoms with Gasteiger partial charge in [-0.05, 0) is 63.6 Å². The van der Waals surface area contributed by atoms with E-state index in [1.54, 1.807) is 11.8 Å². The molecule has 0 saturated carbocycles. The standard InChI is InChI=1S/C18H33N5O5S/c1-29-10-7-14(23-17(27)12-6-4-9-20-12)18(28)22-13(5-2-3-8-19)16(26)21-11-15(24)25/h12-14,20H,2-11,19H2,1H3,(H,21,26)(H,22,28)(H,23,27)(H,24,25). The molecule has 1 rings (SSSR count). The lowest BCUT2D eigenvalue weighted by atomic mass is 10.1. The maximum Gasteiger partial charge on any atom is 0.322 e. The predicted molar refractivity (Wildman–Crippen MR) is 111 cm³/mol. The maximum atomic E-state index is 12.8. The van der Waals surface area contributed by atoms with E-state index in [1.807, 2.05) is 6.26 Å². The second-order valence-corrected chi connectivity index (χ2v) is 7.93. The normalized spacial score (nSPS) is 17.9. The van der Waals surface area contributed by atoms with Gasteiger partial charge in [0.2, 0.25) is 17.7 Å². The second-order valence-electron chi connectivity index (χ2n) is 6.95. The minimum Gasteiger partial charge on any atom is -0.480 e. The highest BCUT2D eigenvalue weighted by Gasteiger charge is 2.29. The first-order chi connectivity index (χ1) is 13.9. The van der Waals surface area contributed by atoms with E-state index in [4.69, 9.17) is 10.8 Å². The van der Waals surface area contributed by atoms with Crippen LogP contribution in [0.15, 0.2) is 0 Å². The molecule has 0 bridgehead atoms. The van der Waals surface area contributed by atoms with E-state index in [2.05, 4.69) is 21.3 Å². The van der Waals surface area contributed by atoms with E-state index in [0.29, 0.717) is 38.0 Å². The zero-order chi connectivity index (χ0) is 21.6. The number of hydrogen-bond donors (Lipinski definition) is 6. The minimum atomic E-state index is -1.17. The number of carbonyl (C=O) groups excluding carboxylic acids is 3. The fourth-order valence-corrected chi connectivity index (χ4v) is 3.48. The van der Waals surface area contributed by atoms with Crippen LogP contribution in [-0.4, -0.2) is 78.6 Å². The van der Waals surface area contributed by atoms with Gasteiger partial charge < -0.3 is 32.1 Å². The lowest BCUT2D eigenvalue weighted by Crippen LogP contribution is -2.56. The summed E-state index contributed by atoms with van der Waals surface area (Å²) in [4.78, 5) is 48.3. The highest BCUT2D eigenvalue weighted by molar-refractivity contribution is 7.98. The summed E-state index contributed by atoms with van der Waals surface area (Å²) in [6, 6.07) is -1.95. The Morgan fingerprint density at radius 2 is 1.86 bits per heavy atom. The van der Waals surface area contributed by atoms with E-state index in [9.17, 15) is 19.2 Å². The van der Waals surface area contributed by atoms with E-state index < -0.39 is 36.4 Å². The lowest BCUT2D eigenvalue weighted by Gasteiger charge is -2.24. The van der Waals surface area contributed by atoms with Crippen molar-refractivity contribution in [3.63, 3.8) is 0 Å². The first-order valence-corrected chi connectivity index (χ1v) is 11.3. The van der Waals surface area contributed by atoms with E-state index >= 15 is 0 Å². The average molecular weight is 432 g/mol. The summed E-state index contributed by atoms with van der Waals surface area (Å²) in [5.74, 6) is -1.74. The number of amides is 3. The first-order valence-electron chi connectivity index (χ1n) is 9.91. The largest absolute Gasteiger partial charge is 0.480 e. The van der Waals surface area contributed by atoms with Crippen molar-refractivity contribution in [1.82, 2.24) is 21.3 Å². The molecule has 1 heterocycles. The van der Waals surface area contributed by atoms with Crippen LogP contribution in [-0.2, 0) is 19.2 Å². The summed E-state index contributed by atoms with van der Waals surface area (Å²) in [5.41, 5.74) is 5.49. The molecule has 1 fully saturated rings. The molecule has 3 unspecified atom stereocenters. The molecule has 0 aromatic heterocycles. The number of thioether (sulfide) groups is 1. The molecule has 10 nitrogen and oxygen atoms in total. The van der Waals surface area contributed by atoms with Crippen LogP contribution < -0.4 is 27.0 Å². The van der Waals surface area contributed by atoms with E-state index in [-0.39, 0.29) is 11.9 Å². The third-order valence-electron chi connectivity index (χ3n) is 4.61. The van der Waals surface area contributed by atoms with Gasteiger partial charge in [0, 0.05) is 0 Å². The third kappa shape index (κ3) is 9.95. The second kappa shape index (κ2) is 14.2. The summed E-state index contributed by atoms with van der Waals surface area (Å²) in [5, 5.41) is 19.6. The van der Waals surface area contributed by atoms with Crippen LogP contribution in [0.25, 0.3) is 0 Å². The Hall–Kier alpha value is -1.85. The van der Waals surface area contributed by atoms with Gasteiger partial charge in [0.1, 0.15) is 18.6 Å². The predicted octanol–water partition coefficient (Wildman–Crippen LogP) is -1.21. The van der Waals surface area contributed by atoms with Crippen LogP contribution >= 0.6 is 11.8 Å². The monoisotopic (exact) mass is 431 g/mol. The molecule has 0 radical (unpaired) electrons. The molecular weight excluding hydrogens is 398 g/mol. The maximum absolute atomic E-state index is 12.8. The number of aliphatic carboxylic acids is 1. The van der Waals surface area contributed by atoms with E-state index in [1.165, 1.54) is 0 Å². The number of carboxylic acids is 1. The number of carbonyl (C=O) groups is 4. The van der Waals surface area contributed by atoms with Crippen molar-refractivity contribution in [2.45, 2.75) is 56.7 Å². The molecule has 1 aliphatic heterocycles. The van der Waals surface area contributed by atoms with Gasteiger partial charge in [0.15, 0.2) is 0 Å². The number of rotatable bonds is 14. The SMILES string of the molecule is CSCCC(NC(=O)C1CCCN1)C(=O)NC(CCCCN)C(=O)NCC(=O)O. The fraction of sp³-hybridized carbons (Fsp3) is 0.778. The molecule has 1 aliphatic rings. The summed E-state index contributed by atoms with van der Waals surface area (Å²) in [7, 11) is 0. The number of carboxylic acid groups (broad SMARTS) is 1. The quantitative estimate of drug-likeness (QED) is 0.187. The molecule has 3 amide bonds. The number of unbranched alkanes of at least 4 members (excludes halogenated alkanes) is 1. The Balaban J connectivity index is 2.75. The highest BCUT2D eigenvalue weighted by Crippen LogP contribution is 2.08. The van der Waals surface area contributed by atoms with Crippen molar-refractivity contribution < 1.29 is 24.3 Å². The Morgan fingerprint density at radius 1 is 1.14 bits per heavy atom. The van der Waals surface area contributed by atoms with Gasteiger partial charge in [0.25, 0.3) is 0 Å². The third-order valence-corrected chi connectivity index (χ3v) is 5.26. The van der Waals surface area contributed by atoms with Crippen molar-refractivity contribution >= 4 is 35.5 Å². The number of hydrogen-bond acceptors (Lipinski definition) is 7. The highest BCUT2D eigenvalue weighted by atomic mass is 32.2. The first kappa shape index (κ1) is 25.2. The lowest BCUT2D eigenvalue weighted by molar-refractivity contribution is -0.138. The number of nitrogens with two attached hydrogens (primary N) is 1. The molecule has 29 heavy (non-hydrogen) atoms. The van der Waals surface area contributed by atoms with Crippen molar-refractivity contribution in [3.05, 3.63) is 0 Å². The molecule has 0 aromatic rings. The Labute approximate surface area is 175 Å². The van der Waals surface area contributed by atoms with Crippen LogP contribution in [0.1, 0.15) is 38.5 Å². The molecule has 0 aromatic carbocycles. The van der Waals surface area contributed by atoms with Crippen molar-refractivity contribution in [2.24, 2.45) is 5.73 Å². The zero-order valence-corrected chi connectivity index (χ0v) is 17.7. The summed E-state index contributed by atoms with van der Waals surface area (Å²) >= 11 is 1.55. The van der Waals surface area contributed by atoms with Crippen molar-refractivity contribution in [1.29, 1.82) is 0 Å². The van der Waals surface area contributed by atoms with Gasteiger partial charge in [-0.1, -0.05) is 0 Å². The number of nitrogens with one attached hydrogen (secondary N) is 4. The Morgan fingerprint density at radius 3 is 2.45 bits per heavy atom. The molecule has 1 saturated heterocycles. The molecule has 0 aliphatic carbocycles. The van der Waals surface area contributed by atoms with Gasteiger partial charge in [-0.3, -0.25) is 19.2 Å². The molecule has 0 spiro atoms. The van der Waals surface area contributed by atoms with E-state index in [0.717, 1.165) is 19.4 Å². The topological polar surface area (TPSA) is 163 Å². The zero-order valence-electron chi connectivity index (χ0n) is 16.9. The summed E-state index contributed by atoms with van der Waals surface area (Å²) in [6.45, 7) is 0.701. The molecular formula is C18H33N5O5S. The van der Waals surface area contributed by atoms with Gasteiger partial charge in [0.05, 0.1) is 6.04 Å². The van der Waals surface area contributed by atoms with Gasteiger partial charge in [-0.2, -0.15) is 11.8 Å². The van der Waals surface area contributed by atoms with Crippen LogP contribution in [0, 0.1) is 0 Å². The van der Waals surface area contributed by atoms with Crippen LogP contribution in [0.5, 0.6) is 0 Å². The molecule has 3 atom stereocenters. The fourth-order valence-electron chi connectivity index (χ4n) is 3.01. The summed E-state index contributed by atoms with van der Waals surface area (Å²) < 4.78 is 0. The Kier molecular flexibility index (Phi) is 12.3. The van der Waals surface area contributed by atoms with Gasteiger partial charge >= 0.3 is 5.97 Å². The van der Waals surface area contributed by atoms with Gasteiger partial charge in [-0.25, -0.2) is 0 Å². The Bertz CT molecular complexity index is 557. The van der Waals surface area contributed by atoms with Crippen LogP contribution in [0.4, 0.5) is 0 Å². The smallest absolute Gasteiger partial charge is 0.322 e. The summed E-state index contributed by atoms with van der Waals surface area (Å²) in [6.07, 6.45) is 5.59. The van der Waals surface area contributed by atoms with Crippen LogP contribution in [0.3, 0.4) is 0 Å². The van der Waals surface area contributed by atoms with Crippen LogP contribution in [0.2, 0.25) is 0 Å². The van der Waals surface area contributed by atoms with Crippen molar-refractivity contribution in [3.8, 4) is 0 Å². The average Bonchev–Trinajstić information content (AvgIpc) is 3.23.